The van der Waals surface area contributed by atoms with Crippen molar-refractivity contribution in [1.29, 1.82) is 10.5 Å². The lowest BCUT2D eigenvalue weighted by atomic mass is 9.91. The summed E-state index contributed by atoms with van der Waals surface area (Å²) in [6, 6.07) is 25.2. The summed E-state index contributed by atoms with van der Waals surface area (Å²) in [7, 11) is 0. The first-order chi connectivity index (χ1) is 24.0. The third-order valence-corrected chi connectivity index (χ3v) is 9.08. The van der Waals surface area contributed by atoms with Crippen molar-refractivity contribution in [2.75, 3.05) is 0 Å². The summed E-state index contributed by atoms with van der Waals surface area (Å²) >= 11 is 0. The smallest absolute Gasteiger partial charge is 0.192 e. The van der Waals surface area contributed by atoms with Crippen LogP contribution in [0.4, 0.5) is 39.5 Å². The van der Waals surface area contributed by atoms with Gasteiger partial charge in [0.2, 0.25) is 0 Å². The van der Waals surface area contributed by atoms with Crippen LogP contribution in [0.25, 0.3) is 55.7 Å². The van der Waals surface area contributed by atoms with E-state index >= 15 is 0 Å². The normalized spacial score (nSPS) is 15.3. The molecule has 0 bridgehead atoms. The molecule has 0 aromatic heterocycles. The molecule has 0 amide bonds. The molecule has 252 valence electrons. The lowest BCUT2D eigenvalue weighted by Gasteiger charge is -2.13. The summed E-state index contributed by atoms with van der Waals surface area (Å²) in [5.41, 5.74) is -1.63. The predicted octanol–water partition coefficient (Wildman–Crippen LogP) is 12.1. The van der Waals surface area contributed by atoms with Crippen LogP contribution in [0.5, 0.6) is 0 Å². The van der Waals surface area contributed by atoms with Gasteiger partial charge in [0, 0.05) is 11.1 Å². The van der Waals surface area contributed by atoms with E-state index in [2.05, 4.69) is 0 Å². The molecule has 5 aromatic carbocycles. The van der Waals surface area contributed by atoms with Crippen molar-refractivity contribution in [2.24, 2.45) is 0 Å². The maximum atomic E-state index is 14.5. The van der Waals surface area contributed by atoms with Gasteiger partial charge >= 0.3 is 18.5 Å². The van der Waals surface area contributed by atoms with Gasteiger partial charge in [-0.2, -0.15) is 50.0 Å². The summed E-state index contributed by atoms with van der Waals surface area (Å²) in [6.07, 6.45) is -14.8. The summed E-state index contributed by atoms with van der Waals surface area (Å²) in [4.78, 5) is 0. The van der Waals surface area contributed by atoms with Crippen LogP contribution in [0.1, 0.15) is 33.4 Å². The Bertz CT molecular complexity index is 2430. The average molecular weight is 699 g/mol. The largest absolute Gasteiger partial charge is 0.426 e. The Balaban J connectivity index is 1.54. The van der Waals surface area contributed by atoms with Crippen LogP contribution in [0.15, 0.2) is 108 Å². The maximum Gasteiger partial charge on any atom is 0.426 e. The quantitative estimate of drug-likeness (QED) is 0.133. The minimum absolute atomic E-state index is 0.0248. The third kappa shape index (κ3) is 5.46. The molecular weight excluding hydrogens is 679 g/mol. The summed E-state index contributed by atoms with van der Waals surface area (Å²) in [5, 5.41) is 19.6. The van der Waals surface area contributed by atoms with Gasteiger partial charge in [0.1, 0.15) is 23.3 Å². The van der Waals surface area contributed by atoms with E-state index < -0.39 is 46.4 Å². The molecule has 0 saturated carbocycles. The van der Waals surface area contributed by atoms with Crippen LogP contribution in [0.3, 0.4) is 0 Å². The molecule has 0 atom stereocenters. The zero-order chi connectivity index (χ0) is 36.6. The van der Waals surface area contributed by atoms with E-state index in [1.54, 1.807) is 24.3 Å². The fraction of sp³-hybridized carbons (Fsp3) is 0.100. The number of fused-ring (bicyclic) bond motifs is 7. The topological polar surface area (TPSA) is 47.6 Å². The lowest BCUT2D eigenvalue weighted by Crippen LogP contribution is -2.13. The van der Waals surface area contributed by atoms with Gasteiger partial charge in [0.25, 0.3) is 0 Å². The van der Waals surface area contributed by atoms with Gasteiger partial charge in [0.15, 0.2) is 0 Å². The molecule has 2 nitrogen and oxygen atoms in total. The van der Waals surface area contributed by atoms with Gasteiger partial charge in [-0.3, -0.25) is 0 Å². The first-order valence-corrected chi connectivity index (χ1v) is 15.2. The van der Waals surface area contributed by atoms with Crippen molar-refractivity contribution in [3.05, 3.63) is 142 Å². The van der Waals surface area contributed by atoms with Gasteiger partial charge in [-0.1, -0.05) is 78.4 Å². The molecule has 0 radical (unpaired) electrons. The Morgan fingerprint density at radius 1 is 0.451 bits per heavy atom. The predicted molar refractivity (Wildman–Crippen MR) is 173 cm³/mol. The molecule has 11 heteroatoms. The van der Waals surface area contributed by atoms with E-state index in [0.29, 0.717) is 11.1 Å². The number of alkyl halides is 9. The van der Waals surface area contributed by atoms with Crippen molar-refractivity contribution in [3.8, 4) is 56.6 Å². The van der Waals surface area contributed by atoms with Gasteiger partial charge < -0.3 is 0 Å². The first-order valence-electron chi connectivity index (χ1n) is 15.2. The highest BCUT2D eigenvalue weighted by Crippen LogP contribution is 2.59. The van der Waals surface area contributed by atoms with E-state index in [4.69, 9.17) is 0 Å². The molecule has 0 fully saturated rings. The highest BCUT2D eigenvalue weighted by molar-refractivity contribution is 6.15. The summed E-state index contributed by atoms with van der Waals surface area (Å²) in [6.45, 7) is 1.87. The number of nitriles is 2. The van der Waals surface area contributed by atoms with Crippen LogP contribution < -0.4 is 0 Å². The molecule has 0 unspecified atom stereocenters. The van der Waals surface area contributed by atoms with Crippen molar-refractivity contribution >= 4 is 11.1 Å². The number of halogens is 9. The number of hydrogen-bond acceptors (Lipinski definition) is 2. The molecule has 7 rings (SSSR count). The molecule has 0 aliphatic heterocycles. The monoisotopic (exact) mass is 698 g/mol. The van der Waals surface area contributed by atoms with Crippen molar-refractivity contribution in [2.45, 2.75) is 25.5 Å². The molecule has 2 aliphatic carbocycles. The summed E-state index contributed by atoms with van der Waals surface area (Å²) in [5.74, 6) is 0. The van der Waals surface area contributed by atoms with Gasteiger partial charge in [-0.15, -0.1) is 0 Å². The Labute approximate surface area is 284 Å². The highest BCUT2D eigenvalue weighted by atomic mass is 19.4. The standard InChI is InChI=1S/C40H19F9N2/c1-20-2-4-21(5-3-20)23-8-12-26-30(16-23)34(32(18-50)39(44,45)46)28-14-15-29-35(33(19-51)40(47,48)49)31-17-24(9-13-27(31)37(29)36(26)28)22-6-10-25(11-7-22)38(41,42)43/h2-17H,1H3/b34-32-,35-33-. The minimum Gasteiger partial charge on any atom is -0.192 e. The zero-order valence-electron chi connectivity index (χ0n) is 26.0. The minimum atomic E-state index is -5.14. The van der Waals surface area contributed by atoms with Crippen molar-refractivity contribution < 1.29 is 39.5 Å². The van der Waals surface area contributed by atoms with Crippen LogP contribution in [0, 0.1) is 29.6 Å². The van der Waals surface area contributed by atoms with E-state index in [1.165, 1.54) is 60.7 Å². The van der Waals surface area contributed by atoms with Crippen LogP contribution in [0.2, 0.25) is 0 Å². The Morgan fingerprint density at radius 2 is 0.804 bits per heavy atom. The lowest BCUT2D eigenvalue weighted by molar-refractivity contribution is -0.137. The van der Waals surface area contributed by atoms with Gasteiger partial charge in [-0.25, -0.2) is 0 Å². The first kappa shape index (κ1) is 33.4. The molecule has 5 aromatic rings. The van der Waals surface area contributed by atoms with Crippen LogP contribution >= 0.6 is 0 Å². The van der Waals surface area contributed by atoms with Crippen LogP contribution in [-0.2, 0) is 6.18 Å². The van der Waals surface area contributed by atoms with Crippen molar-refractivity contribution in [3.63, 3.8) is 0 Å². The SMILES string of the molecule is Cc1ccc(-c2ccc3c(c2)/C(=C(/C#N)C(F)(F)F)c2ccc4c(c2-3)-c2ccc(-c3ccc(C(F)(F)F)cc3)cc2/C4=C(/C#N)C(F)(F)F)cc1. The Kier molecular flexibility index (Phi) is 7.53. The number of nitrogens with zero attached hydrogens (tertiary/aromatic N) is 2. The molecule has 2 aliphatic rings. The Morgan fingerprint density at radius 3 is 1.16 bits per heavy atom. The number of hydrogen-bond donors (Lipinski definition) is 0. The molecular formula is C40H19F9N2. The second kappa shape index (κ2) is 11.5. The number of benzene rings is 5. The van der Waals surface area contributed by atoms with Crippen LogP contribution in [-0.4, -0.2) is 12.4 Å². The van der Waals surface area contributed by atoms with Crippen molar-refractivity contribution in [1.82, 2.24) is 0 Å². The second-order valence-corrected chi connectivity index (χ2v) is 12.1. The molecule has 0 spiro atoms. The van der Waals surface area contributed by atoms with E-state index in [9.17, 15) is 50.0 Å². The molecule has 51 heavy (non-hydrogen) atoms. The third-order valence-electron chi connectivity index (χ3n) is 9.08. The molecule has 0 heterocycles. The Hall–Kier alpha value is -6.07. The average Bonchev–Trinajstić information content (AvgIpc) is 3.56. The highest BCUT2D eigenvalue weighted by Gasteiger charge is 2.45. The van der Waals surface area contributed by atoms with Gasteiger partial charge in [-0.05, 0) is 98.0 Å². The maximum absolute atomic E-state index is 14.5. The second-order valence-electron chi connectivity index (χ2n) is 12.1. The van der Waals surface area contributed by atoms with Gasteiger partial charge in [0.05, 0.1) is 5.56 Å². The van der Waals surface area contributed by atoms with E-state index in [-0.39, 0.29) is 55.6 Å². The summed E-state index contributed by atoms with van der Waals surface area (Å²) < 4.78 is 126. The number of allylic oxidation sites excluding steroid dienone is 2. The fourth-order valence-electron chi connectivity index (χ4n) is 6.82. The zero-order valence-corrected chi connectivity index (χ0v) is 26.0. The fourth-order valence-corrected chi connectivity index (χ4v) is 6.82. The van der Waals surface area contributed by atoms with E-state index in [0.717, 1.165) is 17.7 Å². The number of aryl methyl sites for hydroxylation is 1. The van der Waals surface area contributed by atoms with E-state index in [1.807, 2.05) is 19.1 Å². The molecule has 0 saturated heterocycles. The number of rotatable bonds is 2. The molecule has 0 N–H and O–H groups in total.